The first-order valence-corrected chi connectivity index (χ1v) is 10.1. The molecule has 3 rings (SSSR count). The summed E-state index contributed by atoms with van der Waals surface area (Å²) in [4.78, 5) is 31.2. The number of amides is 2. The number of rotatable bonds is 6. The number of carbonyl (C=O) groups excluding carboxylic acids is 2. The van der Waals surface area contributed by atoms with Crippen LogP contribution in [-0.4, -0.2) is 75.0 Å². The Labute approximate surface area is 173 Å². The van der Waals surface area contributed by atoms with Gasteiger partial charge in [0.05, 0.1) is 0 Å². The van der Waals surface area contributed by atoms with Gasteiger partial charge in [0, 0.05) is 56.1 Å². The Morgan fingerprint density at radius 2 is 1.62 bits per heavy atom. The highest BCUT2D eigenvalue weighted by atomic mass is 16.2. The number of piperazine rings is 1. The summed E-state index contributed by atoms with van der Waals surface area (Å²) in [7, 11) is 3.93. The minimum atomic E-state index is -0.113. The molecule has 0 atom stereocenters. The molecule has 1 aliphatic rings. The lowest BCUT2D eigenvalue weighted by Gasteiger charge is -2.36. The van der Waals surface area contributed by atoms with E-state index in [4.69, 9.17) is 0 Å². The number of carbonyl (C=O) groups is 2. The van der Waals surface area contributed by atoms with Crippen LogP contribution in [0.1, 0.15) is 26.3 Å². The topological polar surface area (TPSA) is 55.9 Å². The molecule has 1 aliphatic heterocycles. The molecule has 29 heavy (non-hydrogen) atoms. The van der Waals surface area contributed by atoms with Gasteiger partial charge in [-0.2, -0.15) is 0 Å². The van der Waals surface area contributed by atoms with E-state index in [1.165, 1.54) is 11.3 Å². The zero-order chi connectivity index (χ0) is 20.8. The number of benzene rings is 2. The second kappa shape index (κ2) is 9.56. The van der Waals surface area contributed by atoms with Crippen LogP contribution >= 0.6 is 0 Å². The van der Waals surface area contributed by atoms with E-state index >= 15 is 0 Å². The summed E-state index contributed by atoms with van der Waals surface area (Å²) in [6.07, 6.45) is 0. The number of nitrogens with zero attached hydrogens (tertiary/aromatic N) is 3. The molecule has 0 radical (unpaired) electrons. The predicted octanol–water partition coefficient (Wildman–Crippen LogP) is 2.25. The number of nitrogens with one attached hydrogen (secondary N) is 1. The van der Waals surface area contributed by atoms with Gasteiger partial charge in [-0.05, 0) is 63.0 Å². The largest absolute Gasteiger partial charge is 0.368 e. The van der Waals surface area contributed by atoms with E-state index in [2.05, 4.69) is 41.4 Å². The minimum absolute atomic E-state index is 0.0217. The molecule has 2 aromatic rings. The lowest BCUT2D eigenvalue weighted by Crippen LogP contribution is -2.48. The van der Waals surface area contributed by atoms with E-state index in [0.29, 0.717) is 30.8 Å². The van der Waals surface area contributed by atoms with Crippen molar-refractivity contribution >= 4 is 17.5 Å². The first-order valence-electron chi connectivity index (χ1n) is 10.1. The molecule has 0 spiro atoms. The zero-order valence-electron chi connectivity index (χ0n) is 17.5. The molecular formula is C23H30N4O2. The maximum absolute atomic E-state index is 12.8. The Balaban J connectivity index is 1.54. The Hall–Kier alpha value is -2.86. The van der Waals surface area contributed by atoms with E-state index in [1.54, 1.807) is 24.3 Å². The van der Waals surface area contributed by atoms with Gasteiger partial charge in [0.15, 0.2) is 0 Å². The van der Waals surface area contributed by atoms with Crippen LogP contribution in [0.2, 0.25) is 0 Å². The molecule has 1 heterocycles. The molecule has 0 bridgehead atoms. The fourth-order valence-corrected chi connectivity index (χ4v) is 3.43. The summed E-state index contributed by atoms with van der Waals surface area (Å²) < 4.78 is 0. The SMILES string of the molecule is Cc1cccc(N2CCN(C(=O)c3ccc(C(=O)NCCN(C)C)cc3)CC2)c1. The number of anilines is 1. The van der Waals surface area contributed by atoms with E-state index in [9.17, 15) is 9.59 Å². The van der Waals surface area contributed by atoms with Crippen LogP contribution < -0.4 is 10.2 Å². The second-order valence-electron chi connectivity index (χ2n) is 7.75. The van der Waals surface area contributed by atoms with E-state index in [1.807, 2.05) is 23.9 Å². The zero-order valence-corrected chi connectivity index (χ0v) is 17.5. The molecule has 0 unspecified atom stereocenters. The first-order chi connectivity index (χ1) is 13.9. The van der Waals surface area contributed by atoms with Gasteiger partial charge in [0.1, 0.15) is 0 Å². The molecule has 2 amide bonds. The van der Waals surface area contributed by atoms with Gasteiger partial charge in [0.25, 0.3) is 11.8 Å². The molecule has 1 fully saturated rings. The van der Waals surface area contributed by atoms with Crippen molar-refractivity contribution in [2.45, 2.75) is 6.92 Å². The third kappa shape index (κ3) is 5.57. The highest BCUT2D eigenvalue weighted by Crippen LogP contribution is 2.19. The molecule has 1 saturated heterocycles. The van der Waals surface area contributed by atoms with Gasteiger partial charge < -0.3 is 20.0 Å². The fourth-order valence-electron chi connectivity index (χ4n) is 3.43. The number of hydrogen-bond acceptors (Lipinski definition) is 4. The van der Waals surface area contributed by atoms with Crippen LogP contribution in [0.5, 0.6) is 0 Å². The summed E-state index contributed by atoms with van der Waals surface area (Å²) in [5.74, 6) is -0.0916. The molecule has 1 N–H and O–H groups in total. The normalized spacial score (nSPS) is 14.2. The van der Waals surface area contributed by atoms with Gasteiger partial charge in [-0.1, -0.05) is 12.1 Å². The molecule has 0 aliphatic carbocycles. The molecule has 2 aromatic carbocycles. The quantitative estimate of drug-likeness (QED) is 0.817. The molecule has 0 saturated carbocycles. The Bertz CT molecular complexity index is 840. The summed E-state index contributed by atoms with van der Waals surface area (Å²) >= 11 is 0. The second-order valence-corrected chi connectivity index (χ2v) is 7.75. The Morgan fingerprint density at radius 1 is 0.966 bits per heavy atom. The van der Waals surface area contributed by atoms with Gasteiger partial charge in [-0.3, -0.25) is 9.59 Å². The molecular weight excluding hydrogens is 364 g/mol. The maximum Gasteiger partial charge on any atom is 0.253 e. The van der Waals surface area contributed by atoms with Crippen molar-refractivity contribution in [3.8, 4) is 0 Å². The lowest BCUT2D eigenvalue weighted by atomic mass is 10.1. The molecule has 6 heteroatoms. The van der Waals surface area contributed by atoms with Crippen molar-refractivity contribution < 1.29 is 9.59 Å². The standard InChI is InChI=1S/C23H30N4O2/c1-18-5-4-6-21(17-18)26-13-15-27(16-14-26)23(29)20-9-7-19(8-10-20)22(28)24-11-12-25(2)3/h4-10,17H,11-16H2,1-3H3,(H,24,28). The number of aryl methyl sites for hydroxylation is 1. The van der Waals surface area contributed by atoms with Crippen molar-refractivity contribution in [3.05, 3.63) is 65.2 Å². The van der Waals surface area contributed by atoms with Gasteiger partial charge in [-0.15, -0.1) is 0 Å². The van der Waals surface area contributed by atoms with Crippen LogP contribution in [0.4, 0.5) is 5.69 Å². The summed E-state index contributed by atoms with van der Waals surface area (Å²) in [5, 5.41) is 2.89. The average Bonchev–Trinajstić information content (AvgIpc) is 2.73. The fraction of sp³-hybridized carbons (Fsp3) is 0.391. The molecule has 6 nitrogen and oxygen atoms in total. The van der Waals surface area contributed by atoms with Crippen molar-refractivity contribution in [2.75, 3.05) is 58.3 Å². The summed E-state index contributed by atoms with van der Waals surface area (Å²) in [5.41, 5.74) is 3.65. The third-order valence-corrected chi connectivity index (χ3v) is 5.17. The van der Waals surface area contributed by atoms with Crippen LogP contribution in [0.25, 0.3) is 0 Å². The van der Waals surface area contributed by atoms with Gasteiger partial charge >= 0.3 is 0 Å². The predicted molar refractivity (Wildman–Crippen MR) is 117 cm³/mol. The van der Waals surface area contributed by atoms with E-state index < -0.39 is 0 Å². The lowest BCUT2D eigenvalue weighted by molar-refractivity contribution is 0.0746. The van der Waals surface area contributed by atoms with E-state index in [0.717, 1.165) is 19.6 Å². The Morgan fingerprint density at radius 3 is 2.24 bits per heavy atom. The third-order valence-electron chi connectivity index (χ3n) is 5.17. The van der Waals surface area contributed by atoms with Gasteiger partial charge in [0.2, 0.25) is 0 Å². The minimum Gasteiger partial charge on any atom is -0.368 e. The average molecular weight is 395 g/mol. The maximum atomic E-state index is 12.8. The summed E-state index contributed by atoms with van der Waals surface area (Å²) in [6, 6.07) is 15.4. The smallest absolute Gasteiger partial charge is 0.253 e. The van der Waals surface area contributed by atoms with Crippen LogP contribution in [0.3, 0.4) is 0 Å². The first kappa shape index (κ1) is 20.9. The monoisotopic (exact) mass is 394 g/mol. The van der Waals surface area contributed by atoms with E-state index in [-0.39, 0.29) is 11.8 Å². The van der Waals surface area contributed by atoms with Gasteiger partial charge in [-0.25, -0.2) is 0 Å². The van der Waals surface area contributed by atoms with Crippen LogP contribution in [-0.2, 0) is 0 Å². The van der Waals surface area contributed by atoms with Crippen molar-refractivity contribution in [1.82, 2.24) is 15.1 Å². The van der Waals surface area contributed by atoms with Crippen LogP contribution in [0, 0.1) is 6.92 Å². The van der Waals surface area contributed by atoms with Crippen molar-refractivity contribution in [2.24, 2.45) is 0 Å². The highest BCUT2D eigenvalue weighted by Gasteiger charge is 2.22. The van der Waals surface area contributed by atoms with Crippen LogP contribution in [0.15, 0.2) is 48.5 Å². The molecule has 0 aromatic heterocycles. The Kier molecular flexibility index (Phi) is 6.88. The number of likely N-dealkylation sites (N-methyl/N-ethyl adjacent to an activating group) is 1. The van der Waals surface area contributed by atoms with Crippen molar-refractivity contribution in [1.29, 1.82) is 0 Å². The summed E-state index contributed by atoms with van der Waals surface area (Å²) in [6.45, 7) is 6.51. The molecule has 154 valence electrons. The number of hydrogen-bond donors (Lipinski definition) is 1. The van der Waals surface area contributed by atoms with Crippen molar-refractivity contribution in [3.63, 3.8) is 0 Å². The highest BCUT2D eigenvalue weighted by molar-refractivity contribution is 5.97.